The summed E-state index contributed by atoms with van der Waals surface area (Å²) in [5.74, 6) is -1.17. The molecule has 97 heavy (non-hydrogen) atoms. The smallest absolute Gasteiger partial charge is 0.330 e. The van der Waals surface area contributed by atoms with Crippen LogP contribution in [0.1, 0.15) is 12.8 Å². The number of carbonyl (C=O) groups excluding carboxylic acids is 2. The van der Waals surface area contributed by atoms with Gasteiger partial charge < -0.3 is 99.1 Å². The third-order valence-corrected chi connectivity index (χ3v) is 82.8. The van der Waals surface area contributed by atoms with E-state index in [-0.39, 0.29) is 26.4 Å². The van der Waals surface area contributed by atoms with E-state index in [4.69, 9.17) is 88.9 Å². The molecular weight excluding hydrogens is 1550 g/mol. The standard InChI is InChI=1S/C54H138O25Si18/c1-39-53(57)61-49-51(55)47-59-43-41-45-80(3,4)63-82(7,8)65-84(11,12)67-86(15,16)69-88(19,20)71-90(23,24)73-92(27,28)75-94(31,32)77-96(35,36)79-97(37,38)78-95(33,34)76-93(29,30)74-91(25,26)72-89(21,22)70-87(17,18)68-85(13,14)66-83(9,10)64-81(5,6)46-42-44-60-48-52(56)50-62-54(58)40-2/h39-40,51-52,55-56H,1-2,41-50H2,3-38H3. The minimum absolute atomic E-state index is 0.0647. The summed E-state index contributed by atoms with van der Waals surface area (Å²) in [6.07, 6.45) is 1.80. The van der Waals surface area contributed by atoms with Crippen LogP contribution in [0.15, 0.2) is 25.3 Å². The van der Waals surface area contributed by atoms with Crippen molar-refractivity contribution in [3.8, 4) is 0 Å². The van der Waals surface area contributed by atoms with Crippen molar-refractivity contribution in [1.82, 2.24) is 0 Å². The van der Waals surface area contributed by atoms with E-state index in [1.54, 1.807) is 0 Å². The fourth-order valence-electron chi connectivity index (χ4n) is 12.9. The highest BCUT2D eigenvalue weighted by molar-refractivity contribution is 6.96. The Morgan fingerprint density at radius 3 is 0.557 bits per heavy atom. The summed E-state index contributed by atoms with van der Waals surface area (Å²) in [7, 11) is -49.8. The molecule has 0 saturated carbocycles. The van der Waals surface area contributed by atoms with Crippen molar-refractivity contribution >= 4 is 166 Å². The van der Waals surface area contributed by atoms with E-state index in [2.05, 4.69) is 65.5 Å². The van der Waals surface area contributed by atoms with Crippen molar-refractivity contribution in [3.05, 3.63) is 25.3 Å². The SMILES string of the molecule is C=CC(=O)OCC(O)COCCC[Si](C)(C)O[Si](C)(C)O[Si](C)(C)O[Si](C)(C)O[Si](C)(C)O[Si](C)(C)O[Si](C)(C)O[Si](C)(C)O[Si](C)(C)O[Si](C)(C)O[Si](C)(C)O[Si](C)(C)O[Si](C)(C)O[Si](C)(C)O[Si](C)(C)O[Si](C)(C)O[Si](C)(C)O[Si](C)(C)CCCOCC(O)COC(=O)C=C. The van der Waals surface area contributed by atoms with E-state index in [1.807, 2.05) is 183 Å². The monoisotopic (exact) mass is 1690 g/mol. The molecule has 2 unspecified atom stereocenters. The van der Waals surface area contributed by atoms with Gasteiger partial charge in [0, 0.05) is 25.4 Å². The lowest BCUT2D eigenvalue weighted by molar-refractivity contribution is -0.142. The Bertz CT molecular complexity index is 2290. The lowest BCUT2D eigenvalue weighted by atomic mass is 10.4. The van der Waals surface area contributed by atoms with Gasteiger partial charge in [-0.15, -0.1) is 0 Å². The third kappa shape index (κ3) is 48.4. The normalized spacial score (nSPS) is 15.6. The van der Waals surface area contributed by atoms with Gasteiger partial charge in [-0.05, 0) is 261 Å². The number of aliphatic hydroxyl groups is 2. The Kier molecular flexibility index (Phi) is 38.6. The number of esters is 2. The lowest BCUT2D eigenvalue weighted by Gasteiger charge is -2.45. The van der Waals surface area contributed by atoms with E-state index in [1.165, 1.54) is 0 Å². The highest BCUT2D eigenvalue weighted by Crippen LogP contribution is 2.35. The highest BCUT2D eigenvalue weighted by Gasteiger charge is 2.54. The average Bonchev–Trinajstić information content (AvgIpc) is 0.819. The summed E-state index contributed by atoms with van der Waals surface area (Å²) in [6.45, 7) is 81.5. The van der Waals surface area contributed by atoms with Gasteiger partial charge >= 0.3 is 149 Å². The van der Waals surface area contributed by atoms with Crippen molar-refractivity contribution in [3.63, 3.8) is 0 Å². The van der Waals surface area contributed by atoms with Crippen molar-refractivity contribution < 1.29 is 109 Å². The molecule has 43 heteroatoms. The predicted molar refractivity (Wildman–Crippen MR) is 428 cm³/mol. The number of carbonyl (C=O) groups is 2. The molecule has 0 bridgehead atoms. The summed E-state index contributed by atoms with van der Waals surface area (Å²) in [5.41, 5.74) is 0. The minimum Gasteiger partial charge on any atom is -0.460 e. The predicted octanol–water partition coefficient (Wildman–Crippen LogP) is 13.9. The number of hydrogen-bond donors (Lipinski definition) is 2. The zero-order chi connectivity index (χ0) is 76.6. The van der Waals surface area contributed by atoms with Crippen LogP contribution in [0.2, 0.25) is 248 Å². The summed E-state index contributed by atoms with van der Waals surface area (Å²) in [5, 5.41) is 20.1. The van der Waals surface area contributed by atoms with Crippen LogP contribution >= 0.6 is 0 Å². The zero-order valence-electron chi connectivity index (χ0n) is 67.1. The Balaban J connectivity index is 5.64. The van der Waals surface area contributed by atoms with Crippen LogP contribution < -0.4 is 0 Å². The van der Waals surface area contributed by atoms with E-state index in [0.29, 0.717) is 13.2 Å². The highest BCUT2D eigenvalue weighted by atomic mass is 28.5. The second kappa shape index (κ2) is 38.0. The summed E-state index contributed by atoms with van der Waals surface area (Å²) in [6, 6.07) is 1.67. The summed E-state index contributed by atoms with van der Waals surface area (Å²) in [4.78, 5) is 22.6. The molecule has 0 aromatic rings. The third-order valence-electron chi connectivity index (χ3n) is 12.3. The Hall–Kier alpha value is 1.48. The molecule has 0 fully saturated rings. The van der Waals surface area contributed by atoms with Crippen LogP contribution in [0.3, 0.4) is 0 Å². The van der Waals surface area contributed by atoms with Gasteiger partial charge in [-0.2, -0.15) is 0 Å². The van der Waals surface area contributed by atoms with Crippen LogP contribution in [0.4, 0.5) is 0 Å². The van der Waals surface area contributed by atoms with Crippen molar-refractivity contribution in [1.29, 1.82) is 0 Å². The molecule has 2 atom stereocenters. The molecule has 0 aliphatic rings. The van der Waals surface area contributed by atoms with Crippen LogP contribution in [0.25, 0.3) is 0 Å². The van der Waals surface area contributed by atoms with E-state index in [9.17, 15) is 19.8 Å². The molecule has 2 N–H and O–H groups in total. The number of rotatable bonds is 52. The molecule has 25 nitrogen and oxygen atoms in total. The van der Waals surface area contributed by atoms with Crippen molar-refractivity contribution in [2.45, 2.75) is 273 Å². The van der Waals surface area contributed by atoms with Gasteiger partial charge in [0.1, 0.15) is 25.4 Å². The Morgan fingerprint density at radius 2 is 0.412 bits per heavy atom. The van der Waals surface area contributed by atoms with Gasteiger partial charge in [0.05, 0.1) is 13.2 Å². The fourth-order valence-corrected chi connectivity index (χ4v) is 106. The van der Waals surface area contributed by atoms with Gasteiger partial charge in [-0.25, -0.2) is 9.59 Å². The second-order valence-electron chi connectivity index (χ2n) is 33.0. The zero-order valence-corrected chi connectivity index (χ0v) is 85.1. The van der Waals surface area contributed by atoms with Crippen LogP contribution in [0.5, 0.6) is 0 Å². The van der Waals surface area contributed by atoms with Gasteiger partial charge in [-0.3, -0.25) is 0 Å². The van der Waals surface area contributed by atoms with Gasteiger partial charge in [-0.1, -0.05) is 13.2 Å². The van der Waals surface area contributed by atoms with Crippen LogP contribution in [-0.4, -0.2) is 228 Å². The maximum Gasteiger partial charge on any atom is 0.330 e. The largest absolute Gasteiger partial charge is 0.460 e. The number of aliphatic hydroxyl groups excluding tert-OH is 2. The first-order valence-corrected chi connectivity index (χ1v) is 85.0. The van der Waals surface area contributed by atoms with Gasteiger partial charge in [0.2, 0.25) is 0 Å². The minimum atomic E-state index is -2.91. The van der Waals surface area contributed by atoms with Crippen molar-refractivity contribution in [2.24, 2.45) is 0 Å². The van der Waals surface area contributed by atoms with E-state index >= 15 is 0 Å². The molecule has 576 valence electrons. The van der Waals surface area contributed by atoms with Crippen LogP contribution in [0, 0.1) is 0 Å². The first kappa shape index (κ1) is 98.5. The molecule has 0 spiro atoms. The molecule has 0 rings (SSSR count). The number of ether oxygens (including phenoxy) is 4. The quantitative estimate of drug-likeness (QED) is 0.0248. The fraction of sp³-hybridized carbons (Fsp3) is 0.889. The van der Waals surface area contributed by atoms with Gasteiger partial charge in [0.25, 0.3) is 0 Å². The molecule has 0 aliphatic carbocycles. The molecule has 0 aliphatic heterocycles. The maximum absolute atomic E-state index is 11.3. The molecule has 0 heterocycles. The molecule has 0 amide bonds. The average molecular weight is 1690 g/mol. The van der Waals surface area contributed by atoms with Gasteiger partial charge in [0.15, 0.2) is 16.6 Å². The Labute approximate surface area is 607 Å². The second-order valence-corrected chi connectivity index (χ2v) is 99.7. The molecule has 0 saturated heterocycles. The molecule has 0 aromatic carbocycles. The number of hydrogen-bond acceptors (Lipinski definition) is 25. The van der Waals surface area contributed by atoms with E-state index in [0.717, 1.165) is 37.1 Å². The molecular formula is C54H138O25Si18. The van der Waals surface area contributed by atoms with Crippen molar-refractivity contribution in [2.75, 3.05) is 39.6 Å². The first-order valence-electron chi connectivity index (χ1n) is 33.7. The molecule has 0 aromatic heterocycles. The molecule has 0 radical (unpaired) electrons. The van der Waals surface area contributed by atoms with Crippen LogP contribution in [-0.2, 0) is 98.5 Å². The lowest BCUT2D eigenvalue weighted by Crippen LogP contribution is -2.63. The summed E-state index contributed by atoms with van der Waals surface area (Å²) < 4.78 is 138. The Morgan fingerprint density at radius 1 is 0.268 bits per heavy atom. The van der Waals surface area contributed by atoms with E-state index < -0.39 is 178 Å². The summed E-state index contributed by atoms with van der Waals surface area (Å²) >= 11 is 0. The maximum atomic E-state index is 11.3. The topological polar surface area (TPSA) is 268 Å². The first-order chi connectivity index (χ1) is 42.7.